The fourth-order valence-corrected chi connectivity index (χ4v) is 2.58. The smallest absolute Gasteiger partial charge is 0.251 e. The minimum Gasteiger partial charge on any atom is -0.441 e. The first-order valence-corrected chi connectivity index (χ1v) is 8.25. The fraction of sp³-hybridized carbons (Fsp3) is 0.389. The van der Waals surface area contributed by atoms with Crippen LogP contribution < -0.4 is 5.32 Å². The molecule has 0 saturated carbocycles. The number of rotatable bonds is 6. The van der Waals surface area contributed by atoms with Gasteiger partial charge in [0.05, 0.1) is 12.2 Å². The Kier molecular flexibility index (Phi) is 4.64. The van der Waals surface area contributed by atoms with Crippen molar-refractivity contribution in [3.8, 4) is 0 Å². The number of unbranched alkanes of at least 4 members (excludes halogenated alkanes) is 1. The van der Waals surface area contributed by atoms with E-state index >= 15 is 0 Å². The van der Waals surface area contributed by atoms with E-state index in [0.29, 0.717) is 5.56 Å². The van der Waals surface area contributed by atoms with Gasteiger partial charge in [-0.3, -0.25) is 9.48 Å². The van der Waals surface area contributed by atoms with Crippen LogP contribution >= 0.6 is 0 Å². The molecule has 0 fully saturated rings. The molecule has 0 spiro atoms. The third-order valence-electron chi connectivity index (χ3n) is 4.01. The summed E-state index contributed by atoms with van der Waals surface area (Å²) >= 11 is 0. The zero-order valence-corrected chi connectivity index (χ0v) is 14.2. The van der Waals surface area contributed by atoms with Gasteiger partial charge in [-0.2, -0.15) is 5.10 Å². The highest BCUT2D eigenvalue weighted by atomic mass is 16.3. The number of oxazole rings is 1. The summed E-state index contributed by atoms with van der Waals surface area (Å²) in [7, 11) is 1.85. The second-order valence-corrected chi connectivity index (χ2v) is 6.04. The van der Waals surface area contributed by atoms with Gasteiger partial charge in [0.1, 0.15) is 5.52 Å². The summed E-state index contributed by atoms with van der Waals surface area (Å²) in [6, 6.07) is 5.24. The van der Waals surface area contributed by atoms with Crippen molar-refractivity contribution in [1.82, 2.24) is 20.1 Å². The van der Waals surface area contributed by atoms with Crippen molar-refractivity contribution in [2.75, 3.05) is 0 Å². The number of fused-ring (bicyclic) bond motifs is 1. The van der Waals surface area contributed by atoms with Gasteiger partial charge in [-0.25, -0.2) is 4.98 Å². The van der Waals surface area contributed by atoms with Crippen molar-refractivity contribution < 1.29 is 9.21 Å². The molecule has 1 atom stereocenters. The van der Waals surface area contributed by atoms with Gasteiger partial charge in [-0.15, -0.1) is 0 Å². The summed E-state index contributed by atoms with van der Waals surface area (Å²) in [5.74, 6) is 0.597. The van der Waals surface area contributed by atoms with Crippen LogP contribution in [-0.2, 0) is 13.5 Å². The second-order valence-electron chi connectivity index (χ2n) is 6.04. The highest BCUT2D eigenvalue weighted by Crippen LogP contribution is 2.19. The predicted octanol–water partition coefficient (Wildman–Crippen LogP) is 3.39. The molecule has 0 aliphatic heterocycles. The van der Waals surface area contributed by atoms with E-state index in [2.05, 4.69) is 22.3 Å². The summed E-state index contributed by atoms with van der Waals surface area (Å²) in [6.07, 6.45) is 6.61. The van der Waals surface area contributed by atoms with Crippen LogP contribution in [0.5, 0.6) is 0 Å². The number of hydrogen-bond donors (Lipinski definition) is 1. The molecule has 0 unspecified atom stereocenters. The predicted molar refractivity (Wildman–Crippen MR) is 91.7 cm³/mol. The van der Waals surface area contributed by atoms with E-state index in [-0.39, 0.29) is 11.9 Å². The van der Waals surface area contributed by atoms with Crippen molar-refractivity contribution in [3.63, 3.8) is 0 Å². The first-order chi connectivity index (χ1) is 11.6. The summed E-state index contributed by atoms with van der Waals surface area (Å²) in [4.78, 5) is 16.9. The average Bonchev–Trinajstić information content (AvgIpc) is 3.17. The quantitative estimate of drug-likeness (QED) is 0.753. The number of carbonyl (C=O) groups is 1. The van der Waals surface area contributed by atoms with Crippen LogP contribution in [0.15, 0.2) is 35.0 Å². The number of nitrogens with zero attached hydrogens (tertiary/aromatic N) is 3. The lowest BCUT2D eigenvalue weighted by Gasteiger charge is -2.11. The number of aryl methyl sites for hydroxylation is 2. The molecule has 1 aromatic carbocycles. The molecule has 126 valence electrons. The van der Waals surface area contributed by atoms with Gasteiger partial charge in [-0.05, 0) is 31.5 Å². The van der Waals surface area contributed by atoms with Gasteiger partial charge in [-0.1, -0.05) is 13.3 Å². The van der Waals surface area contributed by atoms with Crippen molar-refractivity contribution >= 4 is 17.0 Å². The maximum Gasteiger partial charge on any atom is 0.251 e. The number of amides is 1. The maximum atomic E-state index is 12.5. The lowest BCUT2D eigenvalue weighted by atomic mass is 10.1. The molecule has 2 heterocycles. The van der Waals surface area contributed by atoms with E-state index in [4.69, 9.17) is 4.42 Å². The van der Waals surface area contributed by atoms with Gasteiger partial charge < -0.3 is 9.73 Å². The van der Waals surface area contributed by atoms with E-state index in [0.717, 1.165) is 41.8 Å². The number of aromatic nitrogens is 3. The van der Waals surface area contributed by atoms with Gasteiger partial charge in [0.25, 0.3) is 5.91 Å². The van der Waals surface area contributed by atoms with Crippen LogP contribution in [0, 0.1) is 0 Å². The number of nitrogens with one attached hydrogen (secondary N) is 1. The Morgan fingerprint density at radius 1 is 1.42 bits per heavy atom. The zero-order chi connectivity index (χ0) is 17.1. The van der Waals surface area contributed by atoms with E-state index < -0.39 is 0 Å². The molecule has 3 aromatic rings. The maximum absolute atomic E-state index is 12.5. The molecule has 2 aromatic heterocycles. The summed E-state index contributed by atoms with van der Waals surface area (Å²) in [6.45, 7) is 4.07. The Morgan fingerprint density at radius 3 is 2.96 bits per heavy atom. The Balaban J connectivity index is 1.74. The van der Waals surface area contributed by atoms with Crippen LogP contribution in [0.1, 0.15) is 54.5 Å². The SMILES string of the molecule is CCCCc1nc2cc(C(=O)N[C@@H](C)c3cnn(C)c3)ccc2o1. The van der Waals surface area contributed by atoms with Crippen LogP contribution in [0.25, 0.3) is 11.1 Å². The summed E-state index contributed by atoms with van der Waals surface area (Å²) in [5, 5.41) is 7.11. The molecule has 3 rings (SSSR count). The van der Waals surface area contributed by atoms with E-state index in [1.807, 2.05) is 20.2 Å². The third kappa shape index (κ3) is 3.48. The molecule has 6 nitrogen and oxygen atoms in total. The Morgan fingerprint density at radius 2 is 2.25 bits per heavy atom. The Bertz CT molecular complexity index is 850. The molecule has 1 N–H and O–H groups in total. The van der Waals surface area contributed by atoms with Crippen molar-refractivity contribution in [3.05, 3.63) is 47.6 Å². The molecule has 1 amide bonds. The van der Waals surface area contributed by atoms with Gasteiger partial charge in [0.2, 0.25) is 0 Å². The number of hydrogen-bond acceptors (Lipinski definition) is 4. The number of benzene rings is 1. The van der Waals surface area contributed by atoms with Gasteiger partial charge in [0.15, 0.2) is 11.5 Å². The molecular weight excluding hydrogens is 304 g/mol. The highest BCUT2D eigenvalue weighted by molar-refractivity contribution is 5.97. The molecular formula is C18H22N4O2. The first kappa shape index (κ1) is 16.2. The highest BCUT2D eigenvalue weighted by Gasteiger charge is 2.14. The fourth-order valence-electron chi connectivity index (χ4n) is 2.58. The molecule has 6 heteroatoms. The average molecular weight is 326 g/mol. The van der Waals surface area contributed by atoms with Crippen molar-refractivity contribution in [1.29, 1.82) is 0 Å². The summed E-state index contributed by atoms with van der Waals surface area (Å²) in [5.41, 5.74) is 2.99. The first-order valence-electron chi connectivity index (χ1n) is 8.25. The minimum absolute atomic E-state index is 0.112. The van der Waals surface area contributed by atoms with Crippen molar-refractivity contribution in [2.45, 2.75) is 39.2 Å². The monoisotopic (exact) mass is 326 g/mol. The van der Waals surface area contributed by atoms with Crippen LogP contribution in [0.2, 0.25) is 0 Å². The Hall–Kier alpha value is -2.63. The van der Waals surface area contributed by atoms with Crippen LogP contribution in [0.3, 0.4) is 0 Å². The molecule has 0 aliphatic rings. The number of carbonyl (C=O) groups excluding carboxylic acids is 1. The molecule has 0 radical (unpaired) electrons. The van der Waals surface area contributed by atoms with E-state index in [9.17, 15) is 4.79 Å². The third-order valence-corrected chi connectivity index (χ3v) is 4.01. The van der Waals surface area contributed by atoms with E-state index in [1.54, 1.807) is 29.1 Å². The molecule has 24 heavy (non-hydrogen) atoms. The minimum atomic E-state index is -0.133. The second kappa shape index (κ2) is 6.86. The van der Waals surface area contributed by atoms with Gasteiger partial charge in [0, 0.05) is 30.8 Å². The molecule has 0 saturated heterocycles. The Labute approximate surface area is 140 Å². The molecule has 0 aliphatic carbocycles. The van der Waals surface area contributed by atoms with Crippen molar-refractivity contribution in [2.24, 2.45) is 7.05 Å². The lowest BCUT2D eigenvalue weighted by molar-refractivity contribution is 0.0940. The topological polar surface area (TPSA) is 73.0 Å². The summed E-state index contributed by atoms with van der Waals surface area (Å²) < 4.78 is 7.42. The normalized spacial score (nSPS) is 12.5. The van der Waals surface area contributed by atoms with Crippen LogP contribution in [-0.4, -0.2) is 20.7 Å². The lowest BCUT2D eigenvalue weighted by Crippen LogP contribution is -2.26. The van der Waals surface area contributed by atoms with Gasteiger partial charge >= 0.3 is 0 Å². The standard InChI is InChI=1S/C18H22N4O2/c1-4-5-6-17-21-15-9-13(7-8-16(15)24-17)18(23)20-12(2)14-10-19-22(3)11-14/h7-12H,4-6H2,1-3H3,(H,20,23)/t12-/m0/s1. The largest absolute Gasteiger partial charge is 0.441 e. The van der Waals surface area contributed by atoms with E-state index in [1.165, 1.54) is 0 Å². The van der Waals surface area contributed by atoms with Crippen LogP contribution in [0.4, 0.5) is 0 Å². The molecule has 0 bridgehead atoms. The zero-order valence-electron chi connectivity index (χ0n) is 14.2.